The Kier molecular flexibility index (Phi) is 23.9. The van der Waals surface area contributed by atoms with Gasteiger partial charge in [0.2, 0.25) is 5.79 Å². The Morgan fingerprint density at radius 2 is 1.56 bits per heavy atom. The number of hydrogen-bond acceptors (Lipinski definition) is 16. The Hall–Kier alpha value is -3.94. The lowest BCUT2D eigenvalue weighted by Crippen LogP contribution is -2.61. The lowest BCUT2D eigenvalue weighted by Gasteiger charge is -2.42. The van der Waals surface area contributed by atoms with Crippen molar-refractivity contribution in [2.75, 3.05) is 41.1 Å². The van der Waals surface area contributed by atoms with Crippen LogP contribution in [0.5, 0.6) is 0 Å². The normalized spacial score (nSPS) is 37.4. The van der Waals surface area contributed by atoms with Crippen LogP contribution in [-0.4, -0.2) is 156 Å². The second-order valence-corrected chi connectivity index (χ2v) is 21.8. The summed E-state index contributed by atoms with van der Waals surface area (Å²) < 4.78 is 35.4. The van der Waals surface area contributed by atoms with E-state index < -0.39 is 120 Å². The van der Waals surface area contributed by atoms with Crippen LogP contribution in [0.3, 0.4) is 0 Å². The van der Waals surface area contributed by atoms with Crippen LogP contribution < -0.4 is 0 Å². The SMILES string of the molecule is CO[C@H]1C[C@@H]2CC[C@@H](C)[C@@](O)(O2)C(=O)C(=O)N2CCCC[C@H]2C(=O)O[C@H]([C@H](C)C[C@@H]2CC[C@@H](OC(=O)C(C)(CO)CO)[C@H](OC)C2)CC(=O)[C@H](C)/C=C(/C)[C@@H](O)[C@@H](OC)C(=O)[C@H](C)C[C@H](C)/C=C/C=C\C=C\1C. The van der Waals surface area contributed by atoms with Crippen LogP contribution in [0, 0.1) is 40.9 Å². The molecule has 2 saturated heterocycles. The number of carbonyl (C=O) groups is 6. The number of ketones is 3. The van der Waals surface area contributed by atoms with Gasteiger partial charge in [-0.2, -0.15) is 0 Å². The number of nitrogens with zero attached hydrogens (tertiary/aromatic N) is 1. The first kappa shape index (κ1) is 61.6. The molecule has 0 aromatic carbocycles. The van der Waals surface area contributed by atoms with Gasteiger partial charge in [-0.1, -0.05) is 71.1 Å². The van der Waals surface area contributed by atoms with Crippen molar-refractivity contribution < 1.29 is 77.6 Å². The molecule has 0 aromatic heterocycles. The highest BCUT2D eigenvalue weighted by molar-refractivity contribution is 6.39. The van der Waals surface area contributed by atoms with Crippen LogP contribution in [0.25, 0.3) is 0 Å². The van der Waals surface area contributed by atoms with Gasteiger partial charge in [-0.3, -0.25) is 24.0 Å². The number of piperidine rings is 1. The smallest absolute Gasteiger partial charge is 0.329 e. The van der Waals surface area contributed by atoms with Gasteiger partial charge in [0.15, 0.2) is 5.78 Å². The number of methoxy groups -OCH3 is 3. The number of esters is 2. The molecule has 3 heterocycles. The number of ether oxygens (including phenoxy) is 6. The van der Waals surface area contributed by atoms with Gasteiger partial charge in [-0.25, -0.2) is 4.79 Å². The lowest BCUT2D eigenvalue weighted by molar-refractivity contribution is -0.265. The number of Topliss-reactive ketones (excluding diaryl/α,β-unsaturated/α-hetero) is 3. The average Bonchev–Trinajstić information content (AvgIpc) is 3.37. The third-order valence-corrected chi connectivity index (χ3v) is 15.9. The standard InChI is InChI=1S/C56H87NO16/c1-33-17-13-12-14-18-34(2)45(68-9)29-41-22-20-39(7)56(67,73-41)51(63)52(64)57-24-16-15-19-42(57)53(65)71-46(30-43(60)35(3)26-38(6)49(62)50(70-11)48(61)37(5)25-33)36(4)27-40-21-23-44(47(28-40)69-10)72-54(66)55(8,31-58)32-59/h12-14,17-18,26,33,35-37,39-42,44-47,49-50,58-59,62,67H,15-16,19-25,27-32H2,1-11H3/b14-12-,17-13+,34-18+,38-26-/t33-,35-,36-,37-,39-,40+,41+,42+,44-,45+,46+,47-,49-,50+,56-/m1/s1. The number of amides is 1. The van der Waals surface area contributed by atoms with E-state index in [-0.39, 0.29) is 42.8 Å². The Balaban J connectivity index is 1.69. The van der Waals surface area contributed by atoms with E-state index in [0.717, 1.165) is 10.5 Å². The average molecular weight is 1030 g/mol. The van der Waals surface area contributed by atoms with E-state index in [9.17, 15) is 49.2 Å². The zero-order chi connectivity index (χ0) is 54.4. The maximum atomic E-state index is 14.5. The molecule has 0 aromatic rings. The van der Waals surface area contributed by atoms with Gasteiger partial charge in [-0.05, 0) is 114 Å². The highest BCUT2D eigenvalue weighted by Crippen LogP contribution is 2.38. The molecular weight excluding hydrogens is 943 g/mol. The molecule has 0 spiro atoms. The van der Waals surface area contributed by atoms with Crippen molar-refractivity contribution in [3.8, 4) is 0 Å². The van der Waals surface area contributed by atoms with E-state index in [1.165, 1.54) is 21.1 Å². The van der Waals surface area contributed by atoms with Gasteiger partial charge in [0.1, 0.15) is 41.7 Å². The van der Waals surface area contributed by atoms with Gasteiger partial charge < -0.3 is 53.7 Å². The van der Waals surface area contributed by atoms with Gasteiger partial charge in [0, 0.05) is 58.5 Å². The molecule has 1 saturated carbocycles. The summed E-state index contributed by atoms with van der Waals surface area (Å²) in [5, 5.41) is 43.1. The fourth-order valence-electron chi connectivity index (χ4n) is 10.7. The molecule has 2 bridgehead atoms. The Morgan fingerprint density at radius 3 is 2.21 bits per heavy atom. The second-order valence-electron chi connectivity index (χ2n) is 21.8. The predicted octanol–water partition coefficient (Wildman–Crippen LogP) is 5.72. The first-order valence-electron chi connectivity index (χ1n) is 26.4. The highest BCUT2D eigenvalue weighted by atomic mass is 16.6. The van der Waals surface area contributed by atoms with Crippen molar-refractivity contribution in [3.63, 3.8) is 0 Å². The van der Waals surface area contributed by atoms with Gasteiger partial charge in [0.25, 0.3) is 11.7 Å². The molecule has 4 aliphatic rings. The molecule has 412 valence electrons. The monoisotopic (exact) mass is 1030 g/mol. The number of fused-ring (bicyclic) bond motifs is 3. The maximum absolute atomic E-state index is 14.5. The molecule has 0 unspecified atom stereocenters. The molecule has 15 atom stereocenters. The largest absolute Gasteiger partial charge is 0.460 e. The number of allylic oxidation sites excluding steroid dienone is 6. The Bertz CT molecular complexity index is 2010. The van der Waals surface area contributed by atoms with Crippen molar-refractivity contribution in [1.82, 2.24) is 4.90 Å². The van der Waals surface area contributed by atoms with Crippen molar-refractivity contribution in [2.24, 2.45) is 40.9 Å². The van der Waals surface area contributed by atoms with Crippen molar-refractivity contribution in [1.29, 1.82) is 0 Å². The van der Waals surface area contributed by atoms with E-state index in [1.807, 2.05) is 51.2 Å². The molecule has 4 N–H and O–H groups in total. The summed E-state index contributed by atoms with van der Waals surface area (Å²) >= 11 is 0. The summed E-state index contributed by atoms with van der Waals surface area (Å²) in [7, 11) is 4.43. The van der Waals surface area contributed by atoms with E-state index in [0.29, 0.717) is 69.8 Å². The molecule has 3 aliphatic heterocycles. The van der Waals surface area contributed by atoms with Crippen molar-refractivity contribution in [3.05, 3.63) is 47.6 Å². The van der Waals surface area contributed by atoms with Gasteiger partial charge >= 0.3 is 11.9 Å². The molecule has 17 nitrogen and oxygen atoms in total. The Morgan fingerprint density at radius 1 is 0.863 bits per heavy atom. The second kappa shape index (κ2) is 28.3. The van der Waals surface area contributed by atoms with Crippen molar-refractivity contribution in [2.45, 2.75) is 187 Å². The minimum atomic E-state index is -2.47. The molecule has 0 radical (unpaired) electrons. The zero-order valence-corrected chi connectivity index (χ0v) is 45.3. The molecule has 17 heteroatoms. The molecule has 3 fully saturated rings. The molecule has 1 aliphatic carbocycles. The minimum absolute atomic E-state index is 0.00697. The molecular formula is C56H87NO16. The summed E-state index contributed by atoms with van der Waals surface area (Å²) in [5.74, 6) is -9.36. The molecule has 73 heavy (non-hydrogen) atoms. The third kappa shape index (κ3) is 16.0. The Labute approximate surface area is 433 Å². The van der Waals surface area contributed by atoms with Crippen LogP contribution >= 0.6 is 0 Å². The van der Waals surface area contributed by atoms with Crippen LogP contribution in [0.2, 0.25) is 0 Å². The van der Waals surface area contributed by atoms with Gasteiger partial charge in [-0.15, -0.1) is 0 Å². The summed E-state index contributed by atoms with van der Waals surface area (Å²) in [6.07, 6.45) is 9.76. The van der Waals surface area contributed by atoms with E-state index in [4.69, 9.17) is 28.4 Å². The third-order valence-electron chi connectivity index (χ3n) is 15.9. The number of cyclic esters (lactones) is 1. The first-order chi connectivity index (χ1) is 34.5. The zero-order valence-electron chi connectivity index (χ0n) is 45.3. The molecule has 1 amide bonds. The lowest BCUT2D eigenvalue weighted by atomic mass is 9.78. The summed E-state index contributed by atoms with van der Waals surface area (Å²) in [4.78, 5) is 85.4. The van der Waals surface area contributed by atoms with Crippen LogP contribution in [-0.2, 0) is 57.2 Å². The van der Waals surface area contributed by atoms with E-state index in [2.05, 4.69) is 0 Å². The fourth-order valence-corrected chi connectivity index (χ4v) is 10.7. The fraction of sp³-hybridized carbons (Fsp3) is 0.750. The van der Waals surface area contributed by atoms with E-state index in [1.54, 1.807) is 40.9 Å². The highest BCUT2D eigenvalue weighted by Gasteiger charge is 2.53. The number of carbonyl (C=O) groups excluding carboxylic acids is 6. The summed E-state index contributed by atoms with van der Waals surface area (Å²) in [6.45, 7) is 12.7. The summed E-state index contributed by atoms with van der Waals surface area (Å²) in [6, 6.07) is -1.20. The minimum Gasteiger partial charge on any atom is -0.460 e. The number of aliphatic hydroxyl groups is 4. The van der Waals surface area contributed by atoms with Crippen LogP contribution in [0.4, 0.5) is 0 Å². The maximum Gasteiger partial charge on any atom is 0.329 e. The van der Waals surface area contributed by atoms with Crippen molar-refractivity contribution >= 4 is 35.2 Å². The van der Waals surface area contributed by atoms with Crippen LogP contribution in [0.15, 0.2) is 47.6 Å². The summed E-state index contributed by atoms with van der Waals surface area (Å²) in [5.41, 5.74) is -0.277. The van der Waals surface area contributed by atoms with E-state index >= 15 is 0 Å². The number of hydrogen-bond donors (Lipinski definition) is 4. The quantitative estimate of drug-likeness (QED) is 0.116. The first-order valence-corrected chi connectivity index (χ1v) is 26.4. The number of aliphatic hydroxyl groups excluding tert-OH is 3. The number of rotatable bonds is 10. The van der Waals surface area contributed by atoms with Gasteiger partial charge in [0.05, 0.1) is 31.5 Å². The molecule has 4 rings (SSSR count). The topological polar surface area (TPSA) is 242 Å². The van der Waals surface area contributed by atoms with Crippen LogP contribution in [0.1, 0.15) is 132 Å². The predicted molar refractivity (Wildman–Crippen MR) is 271 cm³/mol.